The van der Waals surface area contributed by atoms with Crippen molar-refractivity contribution in [3.63, 3.8) is 0 Å². The summed E-state index contributed by atoms with van der Waals surface area (Å²) >= 11 is 0. The molecule has 1 aromatic carbocycles. The number of benzene rings is 1. The van der Waals surface area contributed by atoms with Gasteiger partial charge in [-0.3, -0.25) is 9.59 Å². The highest BCUT2D eigenvalue weighted by atomic mass is 16.5. The highest BCUT2D eigenvalue weighted by molar-refractivity contribution is 6.01. The standard InChI is InChI=1S/C32H49N5O4/c1-33-27-15-20-36(21-16-27)19-10-24-41-23-9-18-35(3)17-6-4-5-11-26-12-7-13-28-29(26)25-37(32(28)40)30(14-8-22-38)31(39)34-2/h7,12-13,22,27,30,33H,4,6,8-10,14-21,23-25H2,1-3H3,(H,34,39). The Morgan fingerprint density at radius 3 is 2.66 bits per heavy atom. The fraction of sp³-hybridized carbons (Fsp3) is 0.656. The number of nitrogens with zero attached hydrogens (tertiary/aromatic N) is 3. The van der Waals surface area contributed by atoms with E-state index in [2.05, 4.69) is 46.4 Å². The van der Waals surface area contributed by atoms with Gasteiger partial charge in [-0.15, -0.1) is 0 Å². The average Bonchev–Trinajstić information content (AvgIpc) is 3.33. The number of fused-ring (bicyclic) bond motifs is 1. The zero-order valence-electron chi connectivity index (χ0n) is 25.3. The van der Waals surface area contributed by atoms with Crippen LogP contribution in [0.25, 0.3) is 0 Å². The third-order valence-electron chi connectivity index (χ3n) is 8.13. The van der Waals surface area contributed by atoms with E-state index in [1.54, 1.807) is 18.0 Å². The second kappa shape index (κ2) is 17.9. The van der Waals surface area contributed by atoms with Gasteiger partial charge in [-0.25, -0.2) is 0 Å². The number of ether oxygens (including phenoxy) is 1. The number of likely N-dealkylation sites (N-methyl/N-ethyl adjacent to an activating group) is 1. The molecule has 0 spiro atoms. The van der Waals surface area contributed by atoms with Crippen LogP contribution in [0.3, 0.4) is 0 Å². The average molecular weight is 568 g/mol. The van der Waals surface area contributed by atoms with Crippen LogP contribution in [-0.2, 0) is 20.9 Å². The SMILES string of the molecule is CNC(=O)C(CCC=O)N1Cc2c(C#CCCCN(C)CCCOCCCN3CCC(NC)CC3)cccc2C1=O. The topological polar surface area (TPSA) is 94.2 Å². The van der Waals surface area contributed by atoms with E-state index in [0.717, 1.165) is 75.9 Å². The predicted molar refractivity (Wildman–Crippen MR) is 162 cm³/mol. The Balaban J connectivity index is 1.32. The molecule has 3 rings (SSSR count). The number of unbranched alkanes of at least 4 members (excludes halogenated alkanes) is 1. The molecule has 0 saturated carbocycles. The number of rotatable bonds is 17. The van der Waals surface area contributed by atoms with Gasteiger partial charge in [-0.05, 0) is 90.0 Å². The molecule has 2 aliphatic heterocycles. The molecule has 0 aliphatic carbocycles. The summed E-state index contributed by atoms with van der Waals surface area (Å²) in [6.07, 6.45) is 7.67. The van der Waals surface area contributed by atoms with Crippen molar-refractivity contribution in [3.8, 4) is 11.8 Å². The van der Waals surface area contributed by atoms with Crippen molar-refractivity contribution in [2.24, 2.45) is 0 Å². The second-order valence-corrected chi connectivity index (χ2v) is 11.1. The fourth-order valence-corrected chi connectivity index (χ4v) is 5.63. The number of hydrogen-bond donors (Lipinski definition) is 2. The maximum absolute atomic E-state index is 13.1. The lowest BCUT2D eigenvalue weighted by molar-refractivity contribution is -0.125. The fourth-order valence-electron chi connectivity index (χ4n) is 5.63. The first-order valence-corrected chi connectivity index (χ1v) is 15.2. The zero-order valence-corrected chi connectivity index (χ0v) is 25.3. The third-order valence-corrected chi connectivity index (χ3v) is 8.13. The van der Waals surface area contributed by atoms with E-state index in [1.807, 2.05) is 12.1 Å². The lowest BCUT2D eigenvalue weighted by atomic mass is 10.0. The van der Waals surface area contributed by atoms with Crippen molar-refractivity contribution in [3.05, 3.63) is 34.9 Å². The van der Waals surface area contributed by atoms with E-state index >= 15 is 0 Å². The monoisotopic (exact) mass is 567 g/mol. The summed E-state index contributed by atoms with van der Waals surface area (Å²) in [6, 6.07) is 5.58. The molecule has 1 unspecified atom stereocenters. The first-order chi connectivity index (χ1) is 20.0. The Labute approximate surface area is 246 Å². The summed E-state index contributed by atoms with van der Waals surface area (Å²) in [4.78, 5) is 42.8. The minimum absolute atomic E-state index is 0.182. The summed E-state index contributed by atoms with van der Waals surface area (Å²) in [5.41, 5.74) is 2.28. The maximum atomic E-state index is 13.1. The normalized spacial score (nSPS) is 16.4. The molecule has 9 heteroatoms. The van der Waals surface area contributed by atoms with Gasteiger partial charge in [-0.2, -0.15) is 0 Å². The lowest BCUT2D eigenvalue weighted by Gasteiger charge is -2.31. The van der Waals surface area contributed by atoms with Crippen molar-refractivity contribution in [2.75, 3.05) is 67.1 Å². The molecule has 1 atom stereocenters. The smallest absolute Gasteiger partial charge is 0.255 e. The van der Waals surface area contributed by atoms with Gasteiger partial charge in [0, 0.05) is 69.9 Å². The summed E-state index contributed by atoms with van der Waals surface area (Å²) < 4.78 is 5.86. The molecule has 0 radical (unpaired) electrons. The van der Waals surface area contributed by atoms with Gasteiger partial charge >= 0.3 is 0 Å². The first kappa shape index (κ1) is 32.7. The van der Waals surface area contributed by atoms with Crippen molar-refractivity contribution >= 4 is 18.1 Å². The summed E-state index contributed by atoms with van der Waals surface area (Å²) in [7, 11) is 5.74. The Bertz CT molecular complexity index is 1040. The lowest BCUT2D eigenvalue weighted by Crippen LogP contribution is -2.46. The molecule has 0 aromatic heterocycles. The minimum Gasteiger partial charge on any atom is -0.381 e. The summed E-state index contributed by atoms with van der Waals surface area (Å²) in [5.74, 6) is 6.09. The third kappa shape index (κ3) is 10.2. The molecule has 0 bridgehead atoms. The number of hydrogen-bond acceptors (Lipinski definition) is 7. The van der Waals surface area contributed by atoms with Crippen LogP contribution in [0.4, 0.5) is 0 Å². The number of aldehydes is 1. The number of carbonyl (C=O) groups excluding carboxylic acids is 3. The zero-order chi connectivity index (χ0) is 29.5. The van der Waals surface area contributed by atoms with Crippen molar-refractivity contribution in [2.45, 2.75) is 70.0 Å². The molecule has 41 heavy (non-hydrogen) atoms. The van der Waals surface area contributed by atoms with Crippen LogP contribution in [0.2, 0.25) is 0 Å². The van der Waals surface area contributed by atoms with Gasteiger partial charge < -0.3 is 34.9 Å². The maximum Gasteiger partial charge on any atom is 0.255 e. The van der Waals surface area contributed by atoms with Gasteiger partial charge in [0.1, 0.15) is 12.3 Å². The molecule has 9 nitrogen and oxygen atoms in total. The van der Waals surface area contributed by atoms with Gasteiger partial charge in [0.2, 0.25) is 5.91 Å². The molecule has 1 aromatic rings. The molecule has 1 saturated heterocycles. The van der Waals surface area contributed by atoms with Crippen molar-refractivity contribution in [1.29, 1.82) is 0 Å². The van der Waals surface area contributed by atoms with E-state index in [1.165, 1.54) is 25.9 Å². The molecule has 1 fully saturated rings. The van der Waals surface area contributed by atoms with E-state index in [-0.39, 0.29) is 18.2 Å². The van der Waals surface area contributed by atoms with E-state index in [4.69, 9.17) is 4.74 Å². The van der Waals surface area contributed by atoms with Crippen LogP contribution in [0.5, 0.6) is 0 Å². The van der Waals surface area contributed by atoms with Crippen molar-refractivity contribution in [1.82, 2.24) is 25.3 Å². The van der Waals surface area contributed by atoms with Crippen LogP contribution in [0.1, 0.15) is 72.9 Å². The molecule has 2 amide bonds. The number of nitrogens with one attached hydrogen (secondary N) is 2. The van der Waals surface area contributed by atoms with E-state index in [0.29, 0.717) is 24.6 Å². The Kier molecular flexibility index (Phi) is 14.3. The Morgan fingerprint density at radius 2 is 1.93 bits per heavy atom. The van der Waals surface area contributed by atoms with Crippen LogP contribution < -0.4 is 10.6 Å². The molecule has 2 N–H and O–H groups in total. The van der Waals surface area contributed by atoms with Gasteiger partial charge in [0.05, 0.1) is 0 Å². The highest BCUT2D eigenvalue weighted by Gasteiger charge is 2.36. The highest BCUT2D eigenvalue weighted by Crippen LogP contribution is 2.28. The Morgan fingerprint density at radius 1 is 1.17 bits per heavy atom. The second-order valence-electron chi connectivity index (χ2n) is 11.1. The molecular weight excluding hydrogens is 518 g/mol. The Hall–Kier alpha value is -2.77. The number of likely N-dealkylation sites (tertiary alicyclic amines) is 1. The molecule has 2 aliphatic rings. The minimum atomic E-state index is -0.668. The van der Waals surface area contributed by atoms with Gasteiger partial charge in [-0.1, -0.05) is 17.9 Å². The quantitative estimate of drug-likeness (QED) is 0.170. The van der Waals surface area contributed by atoms with E-state index in [9.17, 15) is 14.4 Å². The van der Waals surface area contributed by atoms with Crippen LogP contribution >= 0.6 is 0 Å². The summed E-state index contributed by atoms with van der Waals surface area (Å²) in [5, 5.41) is 6.00. The van der Waals surface area contributed by atoms with E-state index < -0.39 is 6.04 Å². The first-order valence-electron chi connectivity index (χ1n) is 15.2. The number of amides is 2. The van der Waals surface area contributed by atoms with Crippen molar-refractivity contribution < 1.29 is 19.1 Å². The van der Waals surface area contributed by atoms with Crippen LogP contribution in [-0.4, -0.2) is 112 Å². The molecular formula is C32H49N5O4. The van der Waals surface area contributed by atoms with Crippen LogP contribution in [0, 0.1) is 11.8 Å². The molecule has 2 heterocycles. The summed E-state index contributed by atoms with van der Waals surface area (Å²) in [6.45, 7) is 7.46. The number of carbonyl (C=O) groups is 3. The molecule has 226 valence electrons. The van der Waals surface area contributed by atoms with Gasteiger partial charge in [0.25, 0.3) is 5.91 Å². The van der Waals surface area contributed by atoms with Gasteiger partial charge in [0.15, 0.2) is 0 Å². The van der Waals surface area contributed by atoms with Crippen LogP contribution in [0.15, 0.2) is 18.2 Å². The predicted octanol–water partition coefficient (Wildman–Crippen LogP) is 2.28. The largest absolute Gasteiger partial charge is 0.381 e. The number of piperidine rings is 1.